The molecule has 3 aliphatic carbocycles. The van der Waals surface area contributed by atoms with Crippen LogP contribution in [0, 0.1) is 23.6 Å². The highest BCUT2D eigenvalue weighted by Gasteiger charge is 2.47. The number of anilines is 1. The summed E-state index contributed by atoms with van der Waals surface area (Å²) in [6.07, 6.45) is 6.78. The number of fused-ring (bicyclic) bond motifs is 5. The Morgan fingerprint density at radius 1 is 1.27 bits per heavy atom. The number of aliphatic carboxylic acids is 1. The van der Waals surface area contributed by atoms with E-state index in [1.807, 2.05) is 6.07 Å². The molecule has 3 saturated carbocycles. The SMILES string of the molecule is COc1ccc2c(N[C@H]3C4CCC(CC4)[C@@H]3C(=O)O)nc(-c3c[nH]c4ncc(F)cc34)nn12. The zero-order chi connectivity index (χ0) is 22.7. The van der Waals surface area contributed by atoms with Crippen molar-refractivity contribution in [3.05, 3.63) is 36.4 Å². The van der Waals surface area contributed by atoms with Crippen LogP contribution >= 0.6 is 0 Å². The Bertz CT molecular complexity index is 1370. The number of rotatable bonds is 5. The van der Waals surface area contributed by atoms with Crippen molar-refractivity contribution < 1.29 is 19.0 Å². The maximum Gasteiger partial charge on any atom is 0.308 e. The number of carboxylic acid groups (broad SMARTS) is 1. The Balaban J connectivity index is 1.50. The van der Waals surface area contributed by atoms with Gasteiger partial charge in [-0.1, -0.05) is 0 Å². The van der Waals surface area contributed by atoms with Crippen LogP contribution in [0.15, 0.2) is 30.6 Å². The van der Waals surface area contributed by atoms with Crippen LogP contribution in [0.1, 0.15) is 25.7 Å². The van der Waals surface area contributed by atoms with Crippen LogP contribution in [0.25, 0.3) is 27.9 Å². The predicted octanol–water partition coefficient (Wildman–Crippen LogP) is 3.72. The highest BCUT2D eigenvalue weighted by Crippen LogP contribution is 2.46. The molecule has 33 heavy (non-hydrogen) atoms. The first kappa shape index (κ1) is 20.0. The normalized spacial score (nSPS) is 24.4. The third kappa shape index (κ3) is 3.12. The molecule has 4 heterocycles. The minimum absolute atomic E-state index is 0.173. The fourth-order valence-corrected chi connectivity index (χ4v) is 5.68. The first-order chi connectivity index (χ1) is 16.0. The van der Waals surface area contributed by atoms with E-state index >= 15 is 0 Å². The van der Waals surface area contributed by atoms with Crippen molar-refractivity contribution in [2.75, 3.05) is 12.4 Å². The summed E-state index contributed by atoms with van der Waals surface area (Å²) in [5.74, 6) is 0.170. The number of pyridine rings is 1. The van der Waals surface area contributed by atoms with E-state index in [-0.39, 0.29) is 17.9 Å². The second-order valence-electron chi connectivity index (χ2n) is 8.92. The zero-order valence-corrected chi connectivity index (χ0v) is 18.0. The second-order valence-corrected chi connectivity index (χ2v) is 8.92. The lowest BCUT2D eigenvalue weighted by atomic mass is 9.61. The molecule has 4 aromatic heterocycles. The third-order valence-electron chi connectivity index (χ3n) is 7.23. The van der Waals surface area contributed by atoms with Gasteiger partial charge >= 0.3 is 5.97 Å². The highest BCUT2D eigenvalue weighted by molar-refractivity contribution is 5.92. The van der Waals surface area contributed by atoms with E-state index in [1.165, 1.54) is 6.07 Å². The van der Waals surface area contributed by atoms with E-state index in [4.69, 9.17) is 9.72 Å². The van der Waals surface area contributed by atoms with Crippen molar-refractivity contribution in [3.8, 4) is 17.3 Å². The summed E-state index contributed by atoms with van der Waals surface area (Å²) in [7, 11) is 1.56. The number of methoxy groups -OCH3 is 1. The van der Waals surface area contributed by atoms with Gasteiger partial charge in [-0.15, -0.1) is 5.10 Å². The number of carboxylic acids is 1. The lowest BCUT2D eigenvalue weighted by Crippen LogP contribution is -2.51. The summed E-state index contributed by atoms with van der Waals surface area (Å²) in [6.45, 7) is 0. The van der Waals surface area contributed by atoms with Gasteiger partial charge in [-0.25, -0.2) is 14.4 Å². The number of hydrogen-bond donors (Lipinski definition) is 3. The molecule has 9 nitrogen and oxygen atoms in total. The Morgan fingerprint density at radius 3 is 2.82 bits per heavy atom. The van der Waals surface area contributed by atoms with Gasteiger partial charge in [0.2, 0.25) is 5.88 Å². The average Bonchev–Trinajstić information content (AvgIpc) is 3.43. The van der Waals surface area contributed by atoms with Crippen molar-refractivity contribution >= 4 is 28.3 Å². The molecule has 0 unspecified atom stereocenters. The average molecular weight is 450 g/mol. The number of ether oxygens (including phenoxy) is 1. The molecule has 0 radical (unpaired) electrons. The molecule has 4 aromatic rings. The number of hydrogen-bond acceptors (Lipinski definition) is 6. The van der Waals surface area contributed by atoms with Gasteiger partial charge in [-0.3, -0.25) is 4.79 Å². The van der Waals surface area contributed by atoms with Crippen molar-refractivity contribution in [1.29, 1.82) is 0 Å². The van der Waals surface area contributed by atoms with Gasteiger partial charge in [0.15, 0.2) is 11.6 Å². The first-order valence-corrected chi connectivity index (χ1v) is 11.1. The van der Waals surface area contributed by atoms with E-state index in [0.717, 1.165) is 31.9 Å². The van der Waals surface area contributed by atoms with Crippen LogP contribution in [0.4, 0.5) is 10.2 Å². The second kappa shape index (κ2) is 7.43. The van der Waals surface area contributed by atoms with Crippen molar-refractivity contribution in [2.45, 2.75) is 31.7 Å². The third-order valence-corrected chi connectivity index (χ3v) is 7.23. The first-order valence-electron chi connectivity index (χ1n) is 11.1. The van der Waals surface area contributed by atoms with E-state index in [9.17, 15) is 14.3 Å². The zero-order valence-electron chi connectivity index (χ0n) is 18.0. The molecule has 0 spiro atoms. The number of carbonyl (C=O) groups is 1. The molecule has 3 fully saturated rings. The van der Waals surface area contributed by atoms with Crippen molar-refractivity contribution in [3.63, 3.8) is 0 Å². The van der Waals surface area contributed by atoms with Gasteiger partial charge < -0.3 is 20.1 Å². The van der Waals surface area contributed by atoms with Crippen molar-refractivity contribution in [2.24, 2.45) is 17.8 Å². The molecule has 2 atom stereocenters. The fourth-order valence-electron chi connectivity index (χ4n) is 5.68. The molecule has 3 N–H and O–H groups in total. The topological polar surface area (TPSA) is 117 Å². The molecule has 0 aromatic carbocycles. The van der Waals surface area contributed by atoms with Gasteiger partial charge in [-0.2, -0.15) is 4.52 Å². The molecular weight excluding hydrogens is 427 g/mol. The number of aromatic amines is 1. The van der Waals surface area contributed by atoms with Crippen LogP contribution in [-0.2, 0) is 4.79 Å². The molecular formula is C23H23FN6O3. The largest absolute Gasteiger partial charge is 0.481 e. The lowest BCUT2D eigenvalue weighted by molar-refractivity contribution is -0.148. The van der Waals surface area contributed by atoms with Crippen LogP contribution in [0.5, 0.6) is 5.88 Å². The Labute approximate surface area is 188 Å². The highest BCUT2D eigenvalue weighted by atomic mass is 19.1. The monoisotopic (exact) mass is 450 g/mol. The van der Waals surface area contributed by atoms with Crippen LogP contribution in [-0.4, -0.2) is 48.8 Å². The minimum atomic E-state index is -0.765. The van der Waals surface area contributed by atoms with Crippen LogP contribution in [0.3, 0.4) is 0 Å². The van der Waals surface area contributed by atoms with Crippen LogP contribution < -0.4 is 10.1 Å². The maximum atomic E-state index is 13.9. The lowest BCUT2D eigenvalue weighted by Gasteiger charge is -2.47. The standard InChI is InChI=1S/C23H23FN6O3/c1-33-17-7-6-16-22(27-19-12-4-2-11(3-5-12)18(19)23(31)32)28-21(29-30(16)17)15-10-26-20-14(15)8-13(24)9-25-20/h6-12,18-19H,2-5H2,1H3,(H,25,26)(H,31,32)(H,27,28,29)/t11?,12?,18-,19-/m0/s1. The maximum absolute atomic E-state index is 13.9. The van der Waals surface area contributed by atoms with Gasteiger partial charge in [0, 0.05) is 29.3 Å². The number of H-pyrrole nitrogens is 1. The number of nitrogens with zero attached hydrogens (tertiary/aromatic N) is 4. The van der Waals surface area contributed by atoms with Gasteiger partial charge in [0.1, 0.15) is 17.0 Å². The summed E-state index contributed by atoms with van der Waals surface area (Å²) >= 11 is 0. The smallest absolute Gasteiger partial charge is 0.308 e. The molecule has 3 aliphatic rings. The summed E-state index contributed by atoms with van der Waals surface area (Å²) in [6, 6.07) is 4.81. The predicted molar refractivity (Wildman–Crippen MR) is 119 cm³/mol. The Kier molecular flexibility index (Phi) is 4.49. The molecule has 0 amide bonds. The minimum Gasteiger partial charge on any atom is -0.481 e. The van der Waals surface area contributed by atoms with Crippen molar-refractivity contribution in [1.82, 2.24) is 24.6 Å². The number of aromatic nitrogens is 5. The van der Waals surface area contributed by atoms with E-state index in [1.54, 1.807) is 23.9 Å². The van der Waals surface area contributed by atoms with E-state index in [0.29, 0.717) is 39.6 Å². The van der Waals surface area contributed by atoms with Gasteiger partial charge in [0.05, 0.1) is 19.2 Å². The van der Waals surface area contributed by atoms with E-state index < -0.39 is 17.7 Å². The molecule has 170 valence electrons. The Hall–Kier alpha value is -3.69. The number of nitrogens with one attached hydrogen (secondary N) is 2. The molecule has 2 bridgehead atoms. The summed E-state index contributed by atoms with van der Waals surface area (Å²) in [4.78, 5) is 24.0. The molecule has 0 aliphatic heterocycles. The van der Waals surface area contributed by atoms with Crippen LogP contribution in [0.2, 0.25) is 0 Å². The quantitative estimate of drug-likeness (QED) is 0.424. The van der Waals surface area contributed by atoms with Gasteiger partial charge in [-0.05, 0) is 49.7 Å². The molecule has 10 heteroatoms. The Morgan fingerprint density at radius 2 is 2.06 bits per heavy atom. The summed E-state index contributed by atoms with van der Waals surface area (Å²) < 4.78 is 21.0. The summed E-state index contributed by atoms with van der Waals surface area (Å²) in [5.41, 5.74) is 1.81. The summed E-state index contributed by atoms with van der Waals surface area (Å²) in [5, 5.41) is 18.6. The van der Waals surface area contributed by atoms with Gasteiger partial charge in [0.25, 0.3) is 0 Å². The fraction of sp³-hybridized carbons (Fsp3) is 0.391. The number of halogens is 1. The van der Waals surface area contributed by atoms with E-state index in [2.05, 4.69) is 20.4 Å². The molecule has 0 saturated heterocycles. The molecule has 7 rings (SSSR count).